The molecule has 3 heterocycles. The summed E-state index contributed by atoms with van der Waals surface area (Å²) in [5.41, 5.74) is 7.40. The van der Waals surface area contributed by atoms with Gasteiger partial charge in [0, 0.05) is 46.9 Å². The lowest BCUT2D eigenvalue weighted by Gasteiger charge is -2.34. The van der Waals surface area contributed by atoms with Crippen LogP contribution in [0.2, 0.25) is 0 Å². The van der Waals surface area contributed by atoms with Crippen molar-refractivity contribution >= 4 is 16.8 Å². The van der Waals surface area contributed by atoms with E-state index in [0.717, 1.165) is 44.5 Å². The molecule has 0 unspecified atom stereocenters. The van der Waals surface area contributed by atoms with Gasteiger partial charge in [-0.15, -0.1) is 0 Å². The molecule has 4 heteroatoms. The largest absolute Gasteiger partial charge is 0.354 e. The van der Waals surface area contributed by atoms with Gasteiger partial charge in [0.2, 0.25) is 5.91 Å². The van der Waals surface area contributed by atoms with E-state index in [9.17, 15) is 4.79 Å². The minimum absolute atomic E-state index is 0.0508. The Kier molecular flexibility index (Phi) is 4.91. The summed E-state index contributed by atoms with van der Waals surface area (Å²) in [6, 6.07) is 11.2. The predicted molar refractivity (Wildman–Crippen MR) is 126 cm³/mol. The van der Waals surface area contributed by atoms with Gasteiger partial charge in [-0.25, -0.2) is 0 Å². The minimum atomic E-state index is -0.0508. The summed E-state index contributed by atoms with van der Waals surface area (Å²) in [7, 11) is 0. The molecule has 162 valence electrons. The van der Waals surface area contributed by atoms with Crippen LogP contribution in [0, 0.1) is 12.3 Å². The number of hydrogen-bond acceptors (Lipinski definition) is 2. The van der Waals surface area contributed by atoms with Crippen LogP contribution in [0.15, 0.2) is 36.5 Å². The number of aromatic nitrogens is 2. The summed E-state index contributed by atoms with van der Waals surface area (Å²) in [4.78, 5) is 22.9. The second-order valence-electron chi connectivity index (χ2n) is 10.2. The van der Waals surface area contributed by atoms with E-state index >= 15 is 0 Å². The van der Waals surface area contributed by atoms with Crippen molar-refractivity contribution < 1.29 is 4.79 Å². The van der Waals surface area contributed by atoms with Crippen LogP contribution < -0.4 is 0 Å². The number of fused-ring (bicyclic) bond motifs is 1. The number of likely N-dealkylation sites (tertiary alicyclic amines) is 1. The zero-order valence-electron chi connectivity index (χ0n) is 19.2. The van der Waals surface area contributed by atoms with Crippen molar-refractivity contribution in [2.24, 2.45) is 5.41 Å². The molecule has 2 aromatic heterocycles. The maximum absolute atomic E-state index is 12.7. The molecule has 0 radical (unpaired) electrons. The van der Waals surface area contributed by atoms with Crippen LogP contribution in [0.3, 0.4) is 0 Å². The SMILES string of the molecule is Cc1cc(-c2[nH]c3ccc(C4CCN(C(=O)C5(C)CC5)CC4)cc3c2C(C)C)ccn1. The number of pyridine rings is 1. The Morgan fingerprint density at radius 1 is 1.16 bits per heavy atom. The van der Waals surface area contributed by atoms with Gasteiger partial charge in [-0.2, -0.15) is 0 Å². The molecule has 1 saturated heterocycles. The molecule has 1 amide bonds. The number of hydrogen-bond donors (Lipinski definition) is 1. The monoisotopic (exact) mass is 415 g/mol. The van der Waals surface area contributed by atoms with E-state index in [2.05, 4.69) is 66.0 Å². The average molecular weight is 416 g/mol. The minimum Gasteiger partial charge on any atom is -0.354 e. The van der Waals surface area contributed by atoms with E-state index in [1.54, 1.807) is 0 Å². The lowest BCUT2D eigenvalue weighted by molar-refractivity contribution is -0.137. The second-order valence-corrected chi connectivity index (χ2v) is 10.2. The lowest BCUT2D eigenvalue weighted by Crippen LogP contribution is -2.41. The third-order valence-electron chi connectivity index (χ3n) is 7.40. The van der Waals surface area contributed by atoms with Crippen molar-refractivity contribution in [3.8, 4) is 11.3 Å². The normalized spacial score (nSPS) is 18.7. The standard InChI is InChI=1S/C27H33N3O/c1-17(2)24-22-16-20(19-8-13-30(14-9-19)26(31)27(4)10-11-27)5-6-23(22)29-25(24)21-7-12-28-18(3)15-21/h5-7,12,15-17,19,29H,8-11,13-14H2,1-4H3. The number of amides is 1. The first kappa shape index (κ1) is 20.3. The van der Waals surface area contributed by atoms with Crippen molar-refractivity contribution in [2.45, 2.75) is 65.2 Å². The van der Waals surface area contributed by atoms with Gasteiger partial charge in [-0.05, 0) is 79.8 Å². The van der Waals surface area contributed by atoms with Crippen molar-refractivity contribution in [2.75, 3.05) is 13.1 Å². The average Bonchev–Trinajstić information content (AvgIpc) is 3.40. The number of carbonyl (C=O) groups excluding carboxylic acids is 1. The number of carbonyl (C=O) groups is 1. The predicted octanol–water partition coefficient (Wildman–Crippen LogP) is 6.17. The van der Waals surface area contributed by atoms with Crippen LogP contribution in [-0.4, -0.2) is 33.9 Å². The first-order valence-corrected chi connectivity index (χ1v) is 11.7. The van der Waals surface area contributed by atoms with Crippen LogP contribution >= 0.6 is 0 Å². The maximum atomic E-state index is 12.7. The molecule has 31 heavy (non-hydrogen) atoms. The summed E-state index contributed by atoms with van der Waals surface area (Å²) in [5.74, 6) is 1.33. The van der Waals surface area contributed by atoms with E-state index in [1.165, 1.54) is 33.3 Å². The van der Waals surface area contributed by atoms with Gasteiger partial charge >= 0.3 is 0 Å². The Labute approximate surface area is 185 Å². The fourth-order valence-electron chi connectivity index (χ4n) is 5.21. The van der Waals surface area contributed by atoms with Gasteiger partial charge in [-0.3, -0.25) is 9.78 Å². The van der Waals surface area contributed by atoms with E-state index in [4.69, 9.17) is 0 Å². The highest BCUT2D eigenvalue weighted by atomic mass is 16.2. The summed E-state index contributed by atoms with van der Waals surface area (Å²) < 4.78 is 0. The van der Waals surface area contributed by atoms with Gasteiger partial charge in [0.1, 0.15) is 0 Å². The molecule has 4 nitrogen and oxygen atoms in total. The molecule has 1 N–H and O–H groups in total. The Balaban J connectivity index is 1.44. The highest BCUT2D eigenvalue weighted by molar-refractivity contribution is 5.92. The van der Waals surface area contributed by atoms with Crippen LogP contribution in [0.1, 0.15) is 75.1 Å². The Bertz CT molecular complexity index is 1130. The number of benzene rings is 1. The van der Waals surface area contributed by atoms with E-state index in [-0.39, 0.29) is 5.41 Å². The number of rotatable bonds is 4. The van der Waals surface area contributed by atoms with Crippen LogP contribution in [0.5, 0.6) is 0 Å². The zero-order chi connectivity index (χ0) is 21.8. The zero-order valence-corrected chi connectivity index (χ0v) is 19.2. The Hall–Kier alpha value is -2.62. The maximum Gasteiger partial charge on any atom is 0.228 e. The van der Waals surface area contributed by atoms with Crippen molar-refractivity contribution in [3.05, 3.63) is 53.3 Å². The fourth-order valence-corrected chi connectivity index (χ4v) is 5.21. The van der Waals surface area contributed by atoms with E-state index < -0.39 is 0 Å². The van der Waals surface area contributed by atoms with E-state index in [0.29, 0.717) is 17.7 Å². The number of H-pyrrole nitrogens is 1. The summed E-state index contributed by atoms with van der Waals surface area (Å²) >= 11 is 0. The molecule has 2 fully saturated rings. The molecule has 1 aliphatic heterocycles. The van der Waals surface area contributed by atoms with Crippen LogP contribution in [-0.2, 0) is 4.79 Å². The molecule has 0 atom stereocenters. The number of nitrogens with zero attached hydrogens (tertiary/aromatic N) is 2. The number of nitrogens with one attached hydrogen (secondary N) is 1. The van der Waals surface area contributed by atoms with Crippen LogP contribution in [0.25, 0.3) is 22.2 Å². The molecule has 0 bridgehead atoms. The van der Waals surface area contributed by atoms with Gasteiger partial charge in [0.15, 0.2) is 0 Å². The quantitative estimate of drug-likeness (QED) is 0.554. The molecule has 1 aromatic carbocycles. The van der Waals surface area contributed by atoms with Crippen molar-refractivity contribution in [3.63, 3.8) is 0 Å². The van der Waals surface area contributed by atoms with Crippen molar-refractivity contribution in [1.29, 1.82) is 0 Å². The summed E-state index contributed by atoms with van der Waals surface area (Å²) in [5, 5.41) is 1.33. The Morgan fingerprint density at radius 2 is 1.90 bits per heavy atom. The molecule has 1 aliphatic carbocycles. The fraction of sp³-hybridized carbons (Fsp3) is 0.481. The Morgan fingerprint density at radius 3 is 2.55 bits per heavy atom. The van der Waals surface area contributed by atoms with Crippen LogP contribution in [0.4, 0.5) is 0 Å². The number of aromatic amines is 1. The third kappa shape index (κ3) is 3.66. The van der Waals surface area contributed by atoms with Gasteiger partial charge < -0.3 is 9.88 Å². The first-order chi connectivity index (χ1) is 14.9. The highest BCUT2D eigenvalue weighted by Gasteiger charge is 2.47. The number of piperidine rings is 1. The molecule has 0 spiro atoms. The second kappa shape index (κ2) is 7.51. The molecule has 5 rings (SSSR count). The smallest absolute Gasteiger partial charge is 0.228 e. The highest BCUT2D eigenvalue weighted by Crippen LogP contribution is 2.47. The molecular weight excluding hydrogens is 382 g/mol. The number of aryl methyl sites for hydroxylation is 1. The molecular formula is C27H33N3O. The topological polar surface area (TPSA) is 49.0 Å². The summed E-state index contributed by atoms with van der Waals surface area (Å²) in [6.45, 7) is 10.5. The van der Waals surface area contributed by atoms with Crippen molar-refractivity contribution in [1.82, 2.24) is 14.9 Å². The molecule has 2 aliphatic rings. The van der Waals surface area contributed by atoms with Gasteiger partial charge in [0.25, 0.3) is 0 Å². The van der Waals surface area contributed by atoms with E-state index in [1.807, 2.05) is 13.1 Å². The first-order valence-electron chi connectivity index (χ1n) is 11.7. The lowest BCUT2D eigenvalue weighted by atomic mass is 9.87. The van der Waals surface area contributed by atoms with Gasteiger partial charge in [-0.1, -0.05) is 26.8 Å². The third-order valence-corrected chi connectivity index (χ3v) is 7.40. The van der Waals surface area contributed by atoms with Gasteiger partial charge in [0.05, 0.1) is 5.69 Å². The molecule has 1 saturated carbocycles. The molecule has 3 aromatic rings. The summed E-state index contributed by atoms with van der Waals surface area (Å²) in [6.07, 6.45) is 6.14.